The number of aryl methyl sites for hydroxylation is 1. The highest BCUT2D eigenvalue weighted by Gasteiger charge is 2.24. The predicted octanol–water partition coefficient (Wildman–Crippen LogP) is 6.91. The third-order valence-corrected chi connectivity index (χ3v) is 6.58. The molecule has 0 heterocycles. The Kier molecular flexibility index (Phi) is 8.07. The van der Waals surface area contributed by atoms with E-state index in [1.807, 2.05) is 31.2 Å². The topological polar surface area (TPSA) is 172 Å². The highest BCUT2D eigenvalue weighted by atomic mass is 32.2. The highest BCUT2D eigenvalue weighted by molar-refractivity contribution is 7.86. The maximum absolute atomic E-state index is 12.2. The Morgan fingerprint density at radius 3 is 2.02 bits per heavy atom. The molecule has 0 saturated carbocycles. The van der Waals surface area contributed by atoms with Gasteiger partial charge < -0.3 is 19.9 Å². The molecule has 0 aliphatic heterocycles. The Hall–Kier alpha value is -4.88. The minimum absolute atomic E-state index is 0.101. The molecule has 0 aliphatic carbocycles. The molecule has 13 heteroatoms. The van der Waals surface area contributed by atoms with Gasteiger partial charge in [0.15, 0.2) is 5.75 Å². The molecule has 40 heavy (non-hydrogen) atoms. The van der Waals surface area contributed by atoms with Crippen molar-refractivity contribution in [2.75, 3.05) is 19.5 Å². The molecule has 0 spiro atoms. The van der Waals surface area contributed by atoms with Gasteiger partial charge in [0.25, 0.3) is 10.1 Å². The average Bonchev–Trinajstić information content (AvgIpc) is 2.91. The summed E-state index contributed by atoms with van der Waals surface area (Å²) in [6.07, 6.45) is 0. The van der Waals surface area contributed by atoms with E-state index in [0.29, 0.717) is 11.4 Å². The van der Waals surface area contributed by atoms with Crippen LogP contribution in [0.2, 0.25) is 0 Å². The first-order valence-electron chi connectivity index (χ1n) is 11.7. The third kappa shape index (κ3) is 6.06. The van der Waals surface area contributed by atoms with Gasteiger partial charge in [-0.3, -0.25) is 9.35 Å². The van der Waals surface area contributed by atoms with Gasteiger partial charge in [0.2, 0.25) is 5.91 Å². The van der Waals surface area contributed by atoms with Crippen LogP contribution in [-0.2, 0) is 14.9 Å². The number of hydrogen-bond donors (Lipinski definition) is 3. The van der Waals surface area contributed by atoms with Crippen molar-refractivity contribution in [3.8, 4) is 17.2 Å². The molecule has 3 N–H and O–H groups in total. The predicted molar refractivity (Wildman–Crippen MR) is 149 cm³/mol. The van der Waals surface area contributed by atoms with Crippen molar-refractivity contribution in [3.63, 3.8) is 0 Å². The van der Waals surface area contributed by atoms with Crippen LogP contribution in [0.25, 0.3) is 10.8 Å². The maximum Gasteiger partial charge on any atom is 0.296 e. The molecule has 4 rings (SSSR count). The molecule has 0 saturated heterocycles. The summed E-state index contributed by atoms with van der Waals surface area (Å²) in [5.74, 6) is -0.579. The molecule has 0 aromatic heterocycles. The van der Waals surface area contributed by atoms with Crippen LogP contribution in [0.3, 0.4) is 0 Å². The fourth-order valence-electron chi connectivity index (χ4n) is 3.84. The van der Waals surface area contributed by atoms with Gasteiger partial charge in [0, 0.05) is 24.4 Å². The summed E-state index contributed by atoms with van der Waals surface area (Å²) in [6, 6.07) is 16.1. The second-order valence-corrected chi connectivity index (χ2v) is 9.95. The van der Waals surface area contributed by atoms with Crippen molar-refractivity contribution in [1.82, 2.24) is 0 Å². The zero-order valence-corrected chi connectivity index (χ0v) is 22.7. The van der Waals surface area contributed by atoms with E-state index < -0.39 is 32.4 Å². The Morgan fingerprint density at radius 1 is 0.875 bits per heavy atom. The summed E-state index contributed by atoms with van der Waals surface area (Å²) in [7, 11) is -2.04. The lowest BCUT2D eigenvalue weighted by molar-refractivity contribution is -0.114. The lowest BCUT2D eigenvalue weighted by atomic mass is 10.1. The number of aromatic hydroxyl groups is 1. The number of carbonyl (C=O) groups is 1. The quantitative estimate of drug-likeness (QED) is 0.154. The summed E-state index contributed by atoms with van der Waals surface area (Å²) >= 11 is 0. The van der Waals surface area contributed by atoms with Crippen molar-refractivity contribution < 1.29 is 32.3 Å². The van der Waals surface area contributed by atoms with Crippen molar-refractivity contribution in [2.45, 2.75) is 18.7 Å². The number of phenols is 1. The number of nitrogens with zero attached hydrogens (tertiary/aromatic N) is 4. The van der Waals surface area contributed by atoms with Gasteiger partial charge in [-0.1, -0.05) is 29.8 Å². The largest absolute Gasteiger partial charge is 0.505 e. The first-order chi connectivity index (χ1) is 19.0. The second kappa shape index (κ2) is 11.5. The molecular formula is C27H25N5O7S. The number of phenolic OH excluding ortho intramolecular Hbond substituents is 1. The Labute approximate surface area is 229 Å². The van der Waals surface area contributed by atoms with Gasteiger partial charge >= 0.3 is 0 Å². The lowest BCUT2D eigenvalue weighted by Gasteiger charge is -2.13. The maximum atomic E-state index is 12.2. The first-order valence-corrected chi connectivity index (χ1v) is 13.2. The first kappa shape index (κ1) is 28.1. The number of nitrogens with one attached hydrogen (secondary N) is 1. The number of fused-ring (bicyclic) bond motifs is 1. The molecule has 0 radical (unpaired) electrons. The van der Waals surface area contributed by atoms with Gasteiger partial charge in [0.1, 0.15) is 33.5 Å². The van der Waals surface area contributed by atoms with Crippen LogP contribution in [0.4, 0.5) is 28.4 Å². The summed E-state index contributed by atoms with van der Waals surface area (Å²) in [5, 5.41) is 30.5. The minimum Gasteiger partial charge on any atom is -0.505 e. The van der Waals surface area contributed by atoms with E-state index in [-0.39, 0.29) is 33.6 Å². The third-order valence-electron chi connectivity index (χ3n) is 5.71. The fraction of sp³-hybridized carbons (Fsp3) is 0.148. The van der Waals surface area contributed by atoms with Crippen molar-refractivity contribution in [2.24, 2.45) is 20.5 Å². The Balaban J connectivity index is 1.84. The van der Waals surface area contributed by atoms with E-state index >= 15 is 0 Å². The summed E-state index contributed by atoms with van der Waals surface area (Å²) in [5.41, 5.74) is 1.79. The zero-order valence-electron chi connectivity index (χ0n) is 21.9. The minimum atomic E-state index is -4.84. The fourth-order valence-corrected chi connectivity index (χ4v) is 4.49. The van der Waals surface area contributed by atoms with Crippen molar-refractivity contribution in [1.29, 1.82) is 0 Å². The van der Waals surface area contributed by atoms with E-state index in [2.05, 4.69) is 25.8 Å². The Bertz CT molecular complexity index is 1770. The van der Waals surface area contributed by atoms with Gasteiger partial charge in [0.05, 0.1) is 25.6 Å². The van der Waals surface area contributed by atoms with Gasteiger partial charge in [-0.15, -0.1) is 15.3 Å². The van der Waals surface area contributed by atoms with Crippen LogP contribution in [0.1, 0.15) is 12.5 Å². The molecule has 0 fully saturated rings. The number of hydrogen-bond acceptors (Lipinski definition) is 10. The van der Waals surface area contributed by atoms with Crippen LogP contribution < -0.4 is 14.8 Å². The smallest absolute Gasteiger partial charge is 0.296 e. The molecular weight excluding hydrogens is 538 g/mol. The van der Waals surface area contributed by atoms with E-state index in [4.69, 9.17) is 9.47 Å². The van der Waals surface area contributed by atoms with Crippen LogP contribution in [0.15, 0.2) is 86.0 Å². The SMILES string of the molecule is COc1cc(N=Nc2c(S(=O)(=O)O)cc3cccc(NC(C)=O)c3c2O)c(OC)cc1N=Nc1ccc(C)cc1. The van der Waals surface area contributed by atoms with Crippen LogP contribution in [0.5, 0.6) is 17.2 Å². The average molecular weight is 564 g/mol. The number of ether oxygens (including phenoxy) is 2. The monoisotopic (exact) mass is 563 g/mol. The summed E-state index contributed by atoms with van der Waals surface area (Å²) in [6.45, 7) is 3.24. The zero-order chi connectivity index (χ0) is 29.0. The Morgan fingerprint density at radius 2 is 1.48 bits per heavy atom. The summed E-state index contributed by atoms with van der Waals surface area (Å²) < 4.78 is 45.1. The molecule has 0 unspecified atom stereocenters. The van der Waals surface area contributed by atoms with Gasteiger partial charge in [-0.25, -0.2) is 0 Å². The van der Waals surface area contributed by atoms with E-state index in [1.165, 1.54) is 45.4 Å². The number of carbonyl (C=O) groups excluding carboxylic acids is 1. The van der Waals surface area contributed by atoms with Gasteiger partial charge in [-0.2, -0.15) is 13.5 Å². The number of rotatable bonds is 8. The molecule has 4 aromatic rings. The van der Waals surface area contributed by atoms with Crippen LogP contribution >= 0.6 is 0 Å². The number of benzene rings is 4. The highest BCUT2D eigenvalue weighted by Crippen LogP contribution is 2.46. The van der Waals surface area contributed by atoms with E-state index in [1.54, 1.807) is 6.07 Å². The number of azo groups is 2. The van der Waals surface area contributed by atoms with Crippen molar-refractivity contribution >= 4 is 55.2 Å². The standard InChI is InChI=1S/C27H25N5O7S/c1-15-8-10-18(11-9-15)29-30-20-13-23(39-4)21(14-22(20)38-3)31-32-26-24(40(35,36)37)12-17-6-5-7-19(28-16(2)33)25(17)27(26)34/h5-14,34H,1-4H3,(H,28,33)(H,35,36,37). The second-order valence-electron chi connectivity index (χ2n) is 8.56. The molecule has 1 amide bonds. The normalized spacial score (nSPS) is 11.8. The molecule has 4 aromatic carbocycles. The number of anilines is 1. The molecule has 0 atom stereocenters. The molecule has 206 valence electrons. The van der Waals surface area contributed by atoms with E-state index in [9.17, 15) is 22.9 Å². The lowest BCUT2D eigenvalue weighted by Crippen LogP contribution is -2.06. The molecule has 12 nitrogen and oxygen atoms in total. The van der Waals surface area contributed by atoms with Crippen molar-refractivity contribution in [3.05, 3.63) is 66.2 Å². The van der Waals surface area contributed by atoms with Crippen LogP contribution in [-0.4, -0.2) is 38.2 Å². The summed E-state index contributed by atoms with van der Waals surface area (Å²) in [4.78, 5) is 11.0. The molecule has 0 aliphatic rings. The van der Waals surface area contributed by atoms with Gasteiger partial charge in [-0.05, 0) is 36.6 Å². The number of amides is 1. The van der Waals surface area contributed by atoms with E-state index in [0.717, 1.165) is 11.6 Å². The number of methoxy groups -OCH3 is 2. The van der Waals surface area contributed by atoms with Crippen LogP contribution in [0, 0.1) is 6.92 Å². The molecule has 0 bridgehead atoms.